The van der Waals surface area contributed by atoms with Crippen LogP contribution in [0.25, 0.3) is 22.4 Å². The Hall–Kier alpha value is -2.78. The van der Waals surface area contributed by atoms with Gasteiger partial charge in [-0.25, -0.2) is 0 Å². The van der Waals surface area contributed by atoms with Gasteiger partial charge in [-0.3, -0.25) is 9.78 Å². The second-order valence-corrected chi connectivity index (χ2v) is 11.7. The van der Waals surface area contributed by atoms with Gasteiger partial charge in [0.2, 0.25) is 0 Å². The Morgan fingerprint density at radius 3 is 2.41 bits per heavy atom. The first-order chi connectivity index (χ1) is 17.9. The van der Waals surface area contributed by atoms with E-state index in [1.165, 1.54) is 11.3 Å². The molecule has 0 bridgehead atoms. The van der Waals surface area contributed by atoms with Crippen molar-refractivity contribution in [2.45, 2.75) is 26.4 Å². The minimum atomic E-state index is -0.720. The van der Waals surface area contributed by atoms with Crippen molar-refractivity contribution >= 4 is 27.8 Å². The number of pyridine rings is 1. The fraction of sp³-hybridized carbons (Fsp3) is 0.448. The largest absolute Gasteiger partial charge is 0.388 e. The number of aliphatic hydroxyl groups excluding tert-OH is 1. The van der Waals surface area contributed by atoms with Crippen LogP contribution in [0.5, 0.6) is 0 Å². The van der Waals surface area contributed by atoms with E-state index >= 15 is 0 Å². The number of anilines is 2. The van der Waals surface area contributed by atoms with Crippen LogP contribution < -0.4 is 9.80 Å². The number of morpholine rings is 2. The maximum atomic E-state index is 13.2. The van der Waals surface area contributed by atoms with E-state index in [2.05, 4.69) is 40.1 Å². The van der Waals surface area contributed by atoms with Crippen molar-refractivity contribution in [2.24, 2.45) is 5.41 Å². The predicted molar refractivity (Wildman–Crippen MR) is 147 cm³/mol. The average molecular weight is 520 g/mol. The molecule has 3 aliphatic rings. The molecular formula is C29H33N3O4S. The summed E-state index contributed by atoms with van der Waals surface area (Å²) in [5.74, 6) is 0.114. The molecule has 4 heterocycles. The van der Waals surface area contributed by atoms with Crippen LogP contribution in [0.3, 0.4) is 0 Å². The molecule has 37 heavy (non-hydrogen) atoms. The minimum absolute atomic E-state index is 0.114. The smallest absolute Gasteiger partial charge is 0.173 e. The van der Waals surface area contributed by atoms with E-state index in [0.717, 1.165) is 78.0 Å². The molecule has 194 valence electrons. The van der Waals surface area contributed by atoms with Crippen LogP contribution in [-0.2, 0) is 9.47 Å². The number of nitrogens with zero attached hydrogens (tertiary/aromatic N) is 3. The zero-order chi connectivity index (χ0) is 25.6. The Balaban J connectivity index is 1.46. The molecule has 1 atom stereocenters. The first-order valence-corrected chi connectivity index (χ1v) is 13.8. The summed E-state index contributed by atoms with van der Waals surface area (Å²) in [7, 11) is 0. The Kier molecular flexibility index (Phi) is 6.52. The van der Waals surface area contributed by atoms with Crippen LogP contribution in [0.4, 0.5) is 10.7 Å². The topological polar surface area (TPSA) is 75.1 Å². The third-order valence-electron chi connectivity index (χ3n) is 7.67. The number of thiophene rings is 1. The molecule has 2 saturated heterocycles. The van der Waals surface area contributed by atoms with Crippen molar-refractivity contribution in [1.82, 2.24) is 4.98 Å². The number of ether oxygens (including phenoxy) is 2. The van der Waals surface area contributed by atoms with E-state index < -0.39 is 11.5 Å². The van der Waals surface area contributed by atoms with Crippen LogP contribution >= 0.6 is 11.3 Å². The van der Waals surface area contributed by atoms with Gasteiger partial charge in [0.25, 0.3) is 0 Å². The van der Waals surface area contributed by atoms with Crippen molar-refractivity contribution in [3.8, 4) is 22.4 Å². The minimum Gasteiger partial charge on any atom is -0.388 e. The van der Waals surface area contributed by atoms with E-state index in [1.807, 2.05) is 26.1 Å². The summed E-state index contributed by atoms with van der Waals surface area (Å²) in [5, 5.41) is 12.5. The lowest BCUT2D eigenvalue weighted by Crippen LogP contribution is -2.36. The summed E-state index contributed by atoms with van der Waals surface area (Å²) in [6.45, 7) is 10.0. The molecule has 0 unspecified atom stereocenters. The summed E-state index contributed by atoms with van der Waals surface area (Å²) in [4.78, 5) is 23.3. The molecule has 1 aromatic carbocycles. The van der Waals surface area contributed by atoms with Gasteiger partial charge in [0.05, 0.1) is 43.1 Å². The molecule has 2 aromatic heterocycles. The Morgan fingerprint density at radius 2 is 1.68 bits per heavy atom. The normalized spacial score (nSPS) is 21.7. The molecule has 0 amide bonds. The zero-order valence-corrected chi connectivity index (χ0v) is 22.2. The SMILES string of the molecule is CC1(C)CC(=O)c2sc(N3CCOCC3)c(-c3ccnc(-c4cccc(N5CCOCC5)c4)c3)c2[C@@H]1O. The molecule has 3 aromatic rings. The first-order valence-electron chi connectivity index (χ1n) is 13.0. The quantitative estimate of drug-likeness (QED) is 0.531. The molecule has 7 nitrogen and oxygen atoms in total. The van der Waals surface area contributed by atoms with Crippen molar-refractivity contribution in [3.63, 3.8) is 0 Å². The predicted octanol–water partition coefficient (Wildman–Crippen LogP) is 4.80. The number of carbonyl (C=O) groups excluding carboxylic acids is 1. The Labute approximate surface area is 221 Å². The second kappa shape index (κ2) is 9.83. The molecular weight excluding hydrogens is 486 g/mol. The number of Topliss-reactive ketones (excluding diaryl/α,β-unsaturated/α-hetero) is 1. The zero-order valence-electron chi connectivity index (χ0n) is 21.4. The lowest BCUT2D eigenvalue weighted by Gasteiger charge is -2.35. The van der Waals surface area contributed by atoms with Gasteiger partial charge in [0.1, 0.15) is 5.00 Å². The second-order valence-electron chi connectivity index (χ2n) is 10.7. The van der Waals surface area contributed by atoms with Gasteiger partial charge in [0, 0.05) is 66.6 Å². The highest BCUT2D eigenvalue weighted by Crippen LogP contribution is 2.54. The van der Waals surface area contributed by atoms with E-state index in [4.69, 9.17) is 14.5 Å². The highest BCUT2D eigenvalue weighted by molar-refractivity contribution is 7.19. The maximum absolute atomic E-state index is 13.2. The number of aromatic nitrogens is 1. The molecule has 0 saturated carbocycles. The Morgan fingerprint density at radius 1 is 0.973 bits per heavy atom. The monoisotopic (exact) mass is 519 g/mol. The number of fused-ring (bicyclic) bond motifs is 1. The summed E-state index contributed by atoms with van der Waals surface area (Å²) in [5.41, 5.74) is 5.26. The fourth-order valence-corrected chi connectivity index (χ4v) is 6.92. The van der Waals surface area contributed by atoms with Gasteiger partial charge in [0.15, 0.2) is 5.78 Å². The molecule has 6 rings (SSSR count). The summed E-state index contributed by atoms with van der Waals surface area (Å²) in [6, 6.07) is 12.6. The maximum Gasteiger partial charge on any atom is 0.173 e. The standard InChI is InChI=1S/C29H33N3O4S/c1-29(2)18-23(33)26-25(27(29)34)24(28(37-26)32-10-14-36-15-11-32)20-6-7-30-22(17-20)19-4-3-5-21(16-19)31-8-12-35-13-9-31/h3-7,16-17,27,34H,8-15,18H2,1-2H3/t27-/m0/s1. The number of ketones is 1. The number of rotatable bonds is 4. The van der Waals surface area contributed by atoms with Crippen LogP contribution in [0.15, 0.2) is 42.6 Å². The van der Waals surface area contributed by atoms with E-state index in [-0.39, 0.29) is 5.78 Å². The average Bonchev–Trinajstić information content (AvgIpc) is 3.34. The van der Waals surface area contributed by atoms with Crippen LogP contribution in [0.2, 0.25) is 0 Å². The lowest BCUT2D eigenvalue weighted by molar-refractivity contribution is 0.0330. The van der Waals surface area contributed by atoms with Crippen LogP contribution in [-0.4, -0.2) is 68.5 Å². The lowest BCUT2D eigenvalue weighted by atomic mass is 9.72. The van der Waals surface area contributed by atoms with Crippen molar-refractivity contribution in [1.29, 1.82) is 0 Å². The number of hydrogen-bond donors (Lipinski definition) is 1. The number of carbonyl (C=O) groups is 1. The van der Waals surface area contributed by atoms with Gasteiger partial charge in [-0.05, 0) is 29.8 Å². The van der Waals surface area contributed by atoms with E-state index in [0.29, 0.717) is 24.5 Å². The first kappa shape index (κ1) is 24.6. The number of benzene rings is 1. The van der Waals surface area contributed by atoms with Crippen molar-refractivity contribution in [3.05, 3.63) is 53.0 Å². The van der Waals surface area contributed by atoms with E-state index in [1.54, 1.807) is 0 Å². The third kappa shape index (κ3) is 4.56. The highest BCUT2D eigenvalue weighted by Gasteiger charge is 2.43. The molecule has 0 radical (unpaired) electrons. The molecule has 2 aliphatic heterocycles. The fourth-order valence-electron chi connectivity index (χ4n) is 5.58. The van der Waals surface area contributed by atoms with E-state index in [9.17, 15) is 9.90 Å². The van der Waals surface area contributed by atoms with Crippen LogP contribution in [0, 0.1) is 5.41 Å². The number of aliphatic hydroxyl groups is 1. The molecule has 1 N–H and O–H groups in total. The van der Waals surface area contributed by atoms with Gasteiger partial charge in [-0.2, -0.15) is 0 Å². The molecule has 1 aliphatic carbocycles. The number of hydrogen-bond acceptors (Lipinski definition) is 8. The van der Waals surface area contributed by atoms with Gasteiger partial charge in [-0.1, -0.05) is 26.0 Å². The van der Waals surface area contributed by atoms with Gasteiger partial charge < -0.3 is 24.4 Å². The molecule has 2 fully saturated rings. The molecule has 8 heteroatoms. The van der Waals surface area contributed by atoms with Gasteiger partial charge >= 0.3 is 0 Å². The third-order valence-corrected chi connectivity index (χ3v) is 8.98. The molecule has 0 spiro atoms. The van der Waals surface area contributed by atoms with Crippen molar-refractivity contribution in [2.75, 3.05) is 62.4 Å². The Bertz CT molecular complexity index is 1310. The van der Waals surface area contributed by atoms with Crippen molar-refractivity contribution < 1.29 is 19.4 Å². The van der Waals surface area contributed by atoms with Gasteiger partial charge in [-0.15, -0.1) is 11.3 Å². The summed E-state index contributed by atoms with van der Waals surface area (Å²) < 4.78 is 11.1. The summed E-state index contributed by atoms with van der Waals surface area (Å²) in [6.07, 6.45) is 1.46. The van der Waals surface area contributed by atoms with Crippen LogP contribution in [0.1, 0.15) is 41.6 Å². The summed E-state index contributed by atoms with van der Waals surface area (Å²) >= 11 is 1.52. The highest BCUT2D eigenvalue weighted by atomic mass is 32.1.